The van der Waals surface area contributed by atoms with E-state index in [1.807, 2.05) is 0 Å². The van der Waals surface area contributed by atoms with Crippen molar-refractivity contribution in [2.24, 2.45) is 5.73 Å². The van der Waals surface area contributed by atoms with Crippen molar-refractivity contribution in [3.05, 3.63) is 75.8 Å². The number of carbonyl (C=O) groups excluding carboxylic acids is 2. The molecule has 0 saturated carbocycles. The van der Waals surface area contributed by atoms with Crippen LogP contribution >= 0.6 is 0 Å². The van der Waals surface area contributed by atoms with E-state index in [1.165, 1.54) is 36.4 Å². The van der Waals surface area contributed by atoms with Gasteiger partial charge in [0.1, 0.15) is 0 Å². The molecule has 2 aromatic carbocycles. The average Bonchev–Trinajstić information content (AvgIpc) is 2.53. The van der Waals surface area contributed by atoms with E-state index in [1.54, 1.807) is 24.3 Å². The summed E-state index contributed by atoms with van der Waals surface area (Å²) in [6, 6.07) is 12.2. The van der Waals surface area contributed by atoms with Crippen LogP contribution in [0.4, 0.5) is 11.4 Å². The second-order valence-corrected chi connectivity index (χ2v) is 4.58. The van der Waals surface area contributed by atoms with Crippen LogP contribution in [0.5, 0.6) is 0 Å². The number of para-hydroxylation sites is 1. The molecule has 0 unspecified atom stereocenters. The third kappa shape index (κ3) is 4.24. The van der Waals surface area contributed by atoms with Crippen LogP contribution in [0.3, 0.4) is 0 Å². The number of anilines is 1. The minimum atomic E-state index is -0.600. The second-order valence-electron chi connectivity index (χ2n) is 4.58. The Kier molecular flexibility index (Phi) is 4.83. The lowest BCUT2D eigenvalue weighted by molar-refractivity contribution is -0.385. The third-order valence-corrected chi connectivity index (χ3v) is 2.96. The van der Waals surface area contributed by atoms with Gasteiger partial charge >= 0.3 is 0 Å². The van der Waals surface area contributed by atoms with E-state index in [9.17, 15) is 19.7 Å². The van der Waals surface area contributed by atoms with Crippen LogP contribution < -0.4 is 11.1 Å². The summed E-state index contributed by atoms with van der Waals surface area (Å²) >= 11 is 0. The van der Waals surface area contributed by atoms with Gasteiger partial charge in [-0.15, -0.1) is 0 Å². The molecule has 0 aliphatic heterocycles. The van der Waals surface area contributed by atoms with Gasteiger partial charge in [0.05, 0.1) is 10.5 Å². The Morgan fingerprint density at radius 1 is 1.13 bits per heavy atom. The van der Waals surface area contributed by atoms with Gasteiger partial charge in [-0.1, -0.05) is 18.2 Å². The lowest BCUT2D eigenvalue weighted by Gasteiger charge is -2.03. The topological polar surface area (TPSA) is 115 Å². The molecule has 116 valence electrons. The number of rotatable bonds is 5. The first-order valence-corrected chi connectivity index (χ1v) is 6.60. The first kappa shape index (κ1) is 15.9. The molecule has 0 saturated heterocycles. The number of nitrogens with zero attached hydrogens (tertiary/aromatic N) is 1. The maximum atomic E-state index is 11.9. The van der Waals surface area contributed by atoms with Crippen molar-refractivity contribution in [3.63, 3.8) is 0 Å². The Morgan fingerprint density at radius 3 is 2.57 bits per heavy atom. The lowest BCUT2D eigenvalue weighted by Crippen LogP contribution is -2.12. The highest BCUT2D eigenvalue weighted by molar-refractivity contribution is 6.03. The highest BCUT2D eigenvalue weighted by Gasteiger charge is 2.10. The second kappa shape index (κ2) is 6.99. The van der Waals surface area contributed by atoms with Gasteiger partial charge in [-0.3, -0.25) is 19.7 Å². The van der Waals surface area contributed by atoms with Gasteiger partial charge in [0.25, 0.3) is 5.69 Å². The molecule has 7 heteroatoms. The summed E-state index contributed by atoms with van der Waals surface area (Å²) in [4.78, 5) is 33.3. The quantitative estimate of drug-likeness (QED) is 0.501. The largest absolute Gasteiger partial charge is 0.366 e. The van der Waals surface area contributed by atoms with Crippen LogP contribution in [-0.4, -0.2) is 16.7 Å². The van der Waals surface area contributed by atoms with Gasteiger partial charge in [0, 0.05) is 23.4 Å². The standard InChI is InChI=1S/C16H13N3O4/c17-16(21)12-5-3-6-13(10-12)18-15(20)9-8-11-4-1-2-7-14(11)19(22)23/h1-10H,(H2,17,21)(H,18,20)/b9-8+. The Labute approximate surface area is 131 Å². The Morgan fingerprint density at radius 2 is 1.87 bits per heavy atom. The molecule has 0 atom stereocenters. The molecule has 2 amide bonds. The van der Waals surface area contributed by atoms with Crippen LogP contribution in [0, 0.1) is 10.1 Å². The molecular formula is C16H13N3O4. The van der Waals surface area contributed by atoms with E-state index in [0.29, 0.717) is 11.3 Å². The Balaban J connectivity index is 2.12. The number of amides is 2. The molecule has 0 heterocycles. The number of nitro benzene ring substituents is 1. The lowest BCUT2D eigenvalue weighted by atomic mass is 10.1. The van der Waals surface area contributed by atoms with Crippen LogP contribution in [0.15, 0.2) is 54.6 Å². The SMILES string of the molecule is NC(=O)c1cccc(NC(=O)/C=C/c2ccccc2[N+](=O)[O-])c1. The molecule has 7 nitrogen and oxygen atoms in total. The van der Waals surface area contributed by atoms with Crippen LogP contribution in [0.2, 0.25) is 0 Å². The van der Waals surface area contributed by atoms with Crippen molar-refractivity contribution in [2.45, 2.75) is 0 Å². The first-order chi connectivity index (χ1) is 11.0. The maximum Gasteiger partial charge on any atom is 0.276 e. The number of primary amides is 1. The van der Waals surface area contributed by atoms with E-state index >= 15 is 0 Å². The van der Waals surface area contributed by atoms with Crippen molar-refractivity contribution < 1.29 is 14.5 Å². The molecule has 0 fully saturated rings. The number of hydrogen-bond acceptors (Lipinski definition) is 4. The van der Waals surface area contributed by atoms with Crippen molar-refractivity contribution in [1.82, 2.24) is 0 Å². The summed E-state index contributed by atoms with van der Waals surface area (Å²) < 4.78 is 0. The van der Waals surface area contributed by atoms with Crippen molar-refractivity contribution in [3.8, 4) is 0 Å². The molecular weight excluding hydrogens is 298 g/mol. The zero-order valence-electron chi connectivity index (χ0n) is 11.9. The fourth-order valence-electron chi connectivity index (χ4n) is 1.89. The number of hydrogen-bond donors (Lipinski definition) is 2. The van der Waals surface area contributed by atoms with Crippen LogP contribution in [0.25, 0.3) is 6.08 Å². The van der Waals surface area contributed by atoms with Gasteiger partial charge in [0.2, 0.25) is 11.8 Å². The van der Waals surface area contributed by atoms with Gasteiger partial charge in [0.15, 0.2) is 0 Å². The maximum absolute atomic E-state index is 11.9. The molecule has 0 bridgehead atoms. The van der Waals surface area contributed by atoms with E-state index in [0.717, 1.165) is 0 Å². The van der Waals surface area contributed by atoms with E-state index in [2.05, 4.69) is 5.32 Å². The number of carbonyl (C=O) groups is 2. The van der Waals surface area contributed by atoms with Gasteiger partial charge in [-0.05, 0) is 30.3 Å². The summed E-state index contributed by atoms with van der Waals surface area (Å²) in [5.41, 5.74) is 6.06. The molecule has 0 aliphatic carbocycles. The summed E-state index contributed by atoms with van der Waals surface area (Å²) in [6.07, 6.45) is 2.53. The predicted octanol–water partition coefficient (Wildman–Crippen LogP) is 2.35. The summed E-state index contributed by atoms with van der Waals surface area (Å²) in [5.74, 6) is -1.08. The number of nitrogens with two attached hydrogens (primary N) is 1. The van der Waals surface area contributed by atoms with Crippen LogP contribution in [0.1, 0.15) is 15.9 Å². The van der Waals surface area contributed by atoms with E-state index in [4.69, 9.17) is 5.73 Å². The fraction of sp³-hybridized carbons (Fsp3) is 0. The fourth-order valence-corrected chi connectivity index (χ4v) is 1.89. The van der Waals surface area contributed by atoms with Gasteiger partial charge in [-0.25, -0.2) is 0 Å². The van der Waals surface area contributed by atoms with Gasteiger partial charge < -0.3 is 11.1 Å². The van der Waals surface area contributed by atoms with Crippen molar-refractivity contribution in [1.29, 1.82) is 0 Å². The van der Waals surface area contributed by atoms with Crippen molar-refractivity contribution >= 4 is 29.3 Å². The molecule has 0 spiro atoms. The predicted molar refractivity (Wildman–Crippen MR) is 85.7 cm³/mol. The molecule has 0 aliphatic rings. The smallest absolute Gasteiger partial charge is 0.276 e. The van der Waals surface area contributed by atoms with E-state index in [-0.39, 0.29) is 11.3 Å². The zero-order valence-corrected chi connectivity index (χ0v) is 11.9. The first-order valence-electron chi connectivity index (χ1n) is 6.60. The molecule has 0 radical (unpaired) electrons. The monoisotopic (exact) mass is 311 g/mol. The summed E-state index contributed by atoms with van der Waals surface area (Å²) in [7, 11) is 0. The number of nitrogens with one attached hydrogen (secondary N) is 1. The van der Waals surface area contributed by atoms with Crippen molar-refractivity contribution in [2.75, 3.05) is 5.32 Å². The zero-order chi connectivity index (χ0) is 16.8. The third-order valence-electron chi connectivity index (χ3n) is 2.96. The Hall–Kier alpha value is -3.48. The molecule has 3 N–H and O–H groups in total. The number of benzene rings is 2. The summed E-state index contributed by atoms with van der Waals surface area (Å²) in [5, 5.41) is 13.4. The highest BCUT2D eigenvalue weighted by atomic mass is 16.6. The highest BCUT2D eigenvalue weighted by Crippen LogP contribution is 2.19. The van der Waals surface area contributed by atoms with Crippen LogP contribution in [-0.2, 0) is 4.79 Å². The molecule has 23 heavy (non-hydrogen) atoms. The normalized spacial score (nSPS) is 10.4. The van der Waals surface area contributed by atoms with E-state index < -0.39 is 16.7 Å². The molecule has 2 rings (SSSR count). The molecule has 2 aromatic rings. The summed E-state index contributed by atoms with van der Waals surface area (Å²) in [6.45, 7) is 0. The average molecular weight is 311 g/mol. The number of nitro groups is 1. The molecule has 0 aromatic heterocycles. The minimum absolute atomic E-state index is 0.0905. The minimum Gasteiger partial charge on any atom is -0.366 e. The van der Waals surface area contributed by atoms with Gasteiger partial charge in [-0.2, -0.15) is 0 Å². The Bertz CT molecular complexity index is 799.